The van der Waals surface area contributed by atoms with Crippen molar-refractivity contribution < 1.29 is 9.21 Å². The Morgan fingerprint density at radius 1 is 0.867 bits per heavy atom. The topological polar surface area (TPSA) is 55.1 Å². The van der Waals surface area contributed by atoms with E-state index in [0.29, 0.717) is 5.22 Å². The van der Waals surface area contributed by atoms with Crippen LogP contribution in [0.25, 0.3) is 22.6 Å². The number of rotatable bonds is 4. The number of hydrogen-bond donors (Lipinski definition) is 1. The summed E-state index contributed by atoms with van der Waals surface area (Å²) in [5.41, 5.74) is 4.81. The molecule has 1 aliphatic heterocycles. The van der Waals surface area contributed by atoms with Gasteiger partial charge in [-0.3, -0.25) is 4.79 Å². The van der Waals surface area contributed by atoms with Gasteiger partial charge in [0.25, 0.3) is 5.22 Å². The van der Waals surface area contributed by atoms with Gasteiger partial charge in [-0.05, 0) is 24.5 Å². The first-order valence-electron chi connectivity index (χ1n) is 9.95. The summed E-state index contributed by atoms with van der Waals surface area (Å²) < 4.78 is 6.20. The molecule has 148 valence electrons. The van der Waals surface area contributed by atoms with Crippen molar-refractivity contribution in [3.63, 3.8) is 0 Å². The maximum absolute atomic E-state index is 12.8. The van der Waals surface area contributed by atoms with Gasteiger partial charge in [-0.15, -0.1) is 0 Å². The Morgan fingerprint density at radius 2 is 1.53 bits per heavy atom. The number of para-hydroxylation sites is 1. The number of anilines is 1. The normalized spacial score (nSPS) is 15.9. The SMILES string of the molecule is O=C1Nc2ccccc2CCC1Sc1nc(-c2ccccc2)c(-c2ccccc2)o1. The number of hydrogen-bond acceptors (Lipinski definition) is 4. The fraction of sp³-hybridized carbons (Fsp3) is 0.120. The molecule has 0 fully saturated rings. The van der Waals surface area contributed by atoms with Crippen molar-refractivity contribution in [2.24, 2.45) is 0 Å². The Balaban J connectivity index is 1.47. The first kappa shape index (κ1) is 18.7. The van der Waals surface area contributed by atoms with E-state index in [1.165, 1.54) is 11.8 Å². The van der Waals surface area contributed by atoms with Crippen molar-refractivity contribution in [1.29, 1.82) is 0 Å². The molecule has 0 bridgehead atoms. The number of amides is 1. The fourth-order valence-electron chi connectivity index (χ4n) is 3.65. The van der Waals surface area contributed by atoms with Crippen molar-refractivity contribution in [3.05, 3.63) is 90.5 Å². The molecule has 4 aromatic rings. The lowest BCUT2D eigenvalue weighted by molar-refractivity contribution is -0.115. The van der Waals surface area contributed by atoms with Crippen molar-refractivity contribution in [2.45, 2.75) is 23.3 Å². The molecular formula is C25H20N2O2S. The van der Waals surface area contributed by atoms with Crippen LogP contribution in [0.1, 0.15) is 12.0 Å². The van der Waals surface area contributed by atoms with Crippen LogP contribution in [0.15, 0.2) is 94.6 Å². The molecule has 5 rings (SSSR count). The first-order valence-corrected chi connectivity index (χ1v) is 10.8. The largest absolute Gasteiger partial charge is 0.431 e. The van der Waals surface area contributed by atoms with E-state index in [4.69, 9.17) is 9.40 Å². The second kappa shape index (κ2) is 8.20. The maximum atomic E-state index is 12.8. The molecule has 0 aliphatic carbocycles. The molecule has 1 aromatic heterocycles. The Hall–Kier alpha value is -3.31. The number of thioether (sulfide) groups is 1. The molecule has 1 atom stereocenters. The summed E-state index contributed by atoms with van der Waals surface area (Å²) >= 11 is 1.39. The lowest BCUT2D eigenvalue weighted by Gasteiger charge is -2.10. The second-order valence-corrected chi connectivity index (χ2v) is 8.34. The summed E-state index contributed by atoms with van der Waals surface area (Å²) in [5.74, 6) is 0.715. The van der Waals surface area contributed by atoms with Gasteiger partial charge in [0.1, 0.15) is 5.69 Å². The van der Waals surface area contributed by atoms with Crippen LogP contribution in [0.5, 0.6) is 0 Å². The highest BCUT2D eigenvalue weighted by Crippen LogP contribution is 2.38. The van der Waals surface area contributed by atoms with Crippen LogP contribution in [-0.4, -0.2) is 16.1 Å². The Kier molecular flexibility index (Phi) is 5.11. The number of carbonyl (C=O) groups is 1. The third-order valence-electron chi connectivity index (χ3n) is 5.18. The third kappa shape index (κ3) is 3.76. The summed E-state index contributed by atoms with van der Waals surface area (Å²) in [4.78, 5) is 17.6. The minimum Gasteiger partial charge on any atom is -0.431 e. The predicted molar refractivity (Wildman–Crippen MR) is 120 cm³/mol. The molecule has 0 saturated carbocycles. The summed E-state index contributed by atoms with van der Waals surface area (Å²) in [7, 11) is 0. The standard InChI is InChI=1S/C25H20N2O2S/c28-24-21(16-15-17-9-7-8-14-20(17)26-24)30-25-27-22(18-10-3-1-4-11-18)23(29-25)19-12-5-2-6-13-19/h1-14,21H,15-16H2,(H,26,28). The predicted octanol–water partition coefficient (Wildman–Crippen LogP) is 6.05. The first-order chi connectivity index (χ1) is 14.8. The smallest absolute Gasteiger partial charge is 0.257 e. The third-order valence-corrected chi connectivity index (χ3v) is 6.29. The zero-order valence-electron chi connectivity index (χ0n) is 16.2. The highest BCUT2D eigenvalue weighted by molar-refractivity contribution is 8.00. The number of carbonyl (C=O) groups excluding carboxylic acids is 1. The average molecular weight is 413 g/mol. The molecular weight excluding hydrogens is 392 g/mol. The lowest BCUT2D eigenvalue weighted by atomic mass is 10.1. The van der Waals surface area contributed by atoms with E-state index in [1.54, 1.807) is 0 Å². The molecule has 30 heavy (non-hydrogen) atoms. The summed E-state index contributed by atoms with van der Waals surface area (Å²) in [6.07, 6.45) is 1.57. The maximum Gasteiger partial charge on any atom is 0.257 e. The van der Waals surface area contributed by atoms with E-state index >= 15 is 0 Å². The van der Waals surface area contributed by atoms with Crippen LogP contribution < -0.4 is 5.32 Å². The second-order valence-electron chi connectivity index (χ2n) is 7.18. The fourth-order valence-corrected chi connectivity index (χ4v) is 4.57. The van der Waals surface area contributed by atoms with E-state index in [1.807, 2.05) is 78.9 Å². The highest BCUT2D eigenvalue weighted by Gasteiger charge is 2.27. The van der Waals surface area contributed by atoms with E-state index in [9.17, 15) is 4.79 Å². The number of nitrogens with one attached hydrogen (secondary N) is 1. The molecule has 5 heteroatoms. The van der Waals surface area contributed by atoms with Crippen molar-refractivity contribution in [3.8, 4) is 22.6 Å². The van der Waals surface area contributed by atoms with Crippen molar-refractivity contribution in [1.82, 2.24) is 4.98 Å². The van der Waals surface area contributed by atoms with Crippen LogP contribution in [0.3, 0.4) is 0 Å². The highest BCUT2D eigenvalue weighted by atomic mass is 32.2. The molecule has 4 nitrogen and oxygen atoms in total. The van der Waals surface area contributed by atoms with Crippen LogP contribution in [0.4, 0.5) is 5.69 Å². The van der Waals surface area contributed by atoms with Crippen LogP contribution in [0, 0.1) is 0 Å². The number of benzene rings is 3. The Morgan fingerprint density at radius 3 is 2.30 bits per heavy atom. The Bertz CT molecular complexity index is 1120. The number of fused-ring (bicyclic) bond motifs is 1. The van der Waals surface area contributed by atoms with E-state index in [-0.39, 0.29) is 11.2 Å². The molecule has 1 unspecified atom stereocenters. The van der Waals surface area contributed by atoms with Crippen molar-refractivity contribution in [2.75, 3.05) is 5.32 Å². The summed E-state index contributed by atoms with van der Waals surface area (Å²) in [6, 6.07) is 27.9. The molecule has 1 amide bonds. The van der Waals surface area contributed by atoms with Crippen LogP contribution >= 0.6 is 11.8 Å². The summed E-state index contributed by atoms with van der Waals surface area (Å²) in [6.45, 7) is 0. The average Bonchev–Trinajstić information content (AvgIpc) is 3.15. The van der Waals surface area contributed by atoms with Gasteiger partial charge in [0.05, 0.1) is 5.25 Å². The van der Waals surface area contributed by atoms with E-state index < -0.39 is 0 Å². The molecule has 0 radical (unpaired) electrons. The lowest BCUT2D eigenvalue weighted by Crippen LogP contribution is -2.23. The van der Waals surface area contributed by atoms with Gasteiger partial charge in [-0.1, -0.05) is 90.6 Å². The van der Waals surface area contributed by atoms with Crippen LogP contribution in [-0.2, 0) is 11.2 Å². The zero-order chi connectivity index (χ0) is 20.3. The number of aryl methyl sites for hydroxylation is 1. The minimum absolute atomic E-state index is 0.00864. The quantitative estimate of drug-likeness (QED) is 0.443. The van der Waals surface area contributed by atoms with Gasteiger partial charge in [-0.25, -0.2) is 4.98 Å². The van der Waals surface area contributed by atoms with Gasteiger partial charge in [0.15, 0.2) is 5.76 Å². The number of oxazole rings is 1. The molecule has 1 N–H and O–H groups in total. The molecule has 3 aromatic carbocycles. The molecule has 0 saturated heterocycles. The number of nitrogens with zero attached hydrogens (tertiary/aromatic N) is 1. The van der Waals surface area contributed by atoms with Gasteiger partial charge in [-0.2, -0.15) is 0 Å². The van der Waals surface area contributed by atoms with E-state index in [2.05, 4.69) is 11.4 Å². The van der Waals surface area contributed by atoms with Crippen LogP contribution in [0.2, 0.25) is 0 Å². The molecule has 2 heterocycles. The van der Waals surface area contributed by atoms with Gasteiger partial charge in [0.2, 0.25) is 5.91 Å². The van der Waals surface area contributed by atoms with Gasteiger partial charge < -0.3 is 9.73 Å². The number of aromatic nitrogens is 1. The monoisotopic (exact) mass is 412 g/mol. The zero-order valence-corrected chi connectivity index (χ0v) is 17.1. The summed E-state index contributed by atoms with van der Waals surface area (Å²) in [5, 5.41) is 3.30. The van der Waals surface area contributed by atoms with Gasteiger partial charge >= 0.3 is 0 Å². The van der Waals surface area contributed by atoms with Gasteiger partial charge in [0, 0.05) is 16.8 Å². The minimum atomic E-state index is -0.261. The molecule has 0 spiro atoms. The van der Waals surface area contributed by atoms with E-state index in [0.717, 1.165) is 46.7 Å². The van der Waals surface area contributed by atoms with Crippen molar-refractivity contribution >= 4 is 23.4 Å². The molecule has 1 aliphatic rings. The Labute approximate surface area is 179 Å².